The Balaban J connectivity index is 1.31. The minimum Gasteiger partial charge on any atom is -0.476 e. The van der Waals surface area contributed by atoms with E-state index in [-0.39, 0.29) is 11.8 Å². The van der Waals surface area contributed by atoms with E-state index in [4.69, 9.17) is 9.47 Å². The van der Waals surface area contributed by atoms with Crippen LogP contribution in [-0.4, -0.2) is 55.2 Å². The summed E-state index contributed by atoms with van der Waals surface area (Å²) in [6.07, 6.45) is 1.99. The van der Waals surface area contributed by atoms with Gasteiger partial charge in [0.25, 0.3) is 0 Å². The number of aromatic nitrogens is 1. The Morgan fingerprint density at radius 2 is 1.62 bits per heavy atom. The maximum atomic E-state index is 12.8. The summed E-state index contributed by atoms with van der Waals surface area (Å²) in [6.45, 7) is 4.87. The van der Waals surface area contributed by atoms with E-state index >= 15 is 0 Å². The first-order valence-corrected chi connectivity index (χ1v) is 11.1. The Morgan fingerprint density at radius 3 is 2.22 bits per heavy atom. The van der Waals surface area contributed by atoms with Gasteiger partial charge in [0.05, 0.1) is 25.1 Å². The van der Waals surface area contributed by atoms with Gasteiger partial charge in [-0.15, -0.1) is 0 Å². The summed E-state index contributed by atoms with van der Waals surface area (Å²) in [5, 5.41) is 2.97. The van der Waals surface area contributed by atoms with E-state index in [9.17, 15) is 4.79 Å². The molecule has 32 heavy (non-hydrogen) atoms. The van der Waals surface area contributed by atoms with Crippen molar-refractivity contribution in [1.29, 1.82) is 0 Å². The van der Waals surface area contributed by atoms with Gasteiger partial charge < -0.3 is 14.8 Å². The SMILES string of the molecule is O=C(CC(c1ccccc1)c1ccccc1)Nc1ccc(OCCN2CCOCC2)nc1. The fourth-order valence-corrected chi connectivity index (χ4v) is 3.84. The summed E-state index contributed by atoms with van der Waals surface area (Å²) in [7, 11) is 0. The molecular formula is C26H29N3O3. The second-order valence-electron chi connectivity index (χ2n) is 7.81. The zero-order valence-corrected chi connectivity index (χ0v) is 18.2. The molecule has 0 atom stereocenters. The van der Waals surface area contributed by atoms with Crippen molar-refractivity contribution in [2.45, 2.75) is 12.3 Å². The Hall–Kier alpha value is -3.22. The molecule has 2 aromatic carbocycles. The van der Waals surface area contributed by atoms with Crippen molar-refractivity contribution in [3.63, 3.8) is 0 Å². The van der Waals surface area contributed by atoms with Gasteiger partial charge in [0, 0.05) is 38.0 Å². The van der Waals surface area contributed by atoms with Crippen LogP contribution in [0.3, 0.4) is 0 Å². The number of amides is 1. The van der Waals surface area contributed by atoms with Crippen molar-refractivity contribution in [3.05, 3.63) is 90.1 Å². The lowest BCUT2D eigenvalue weighted by Crippen LogP contribution is -2.38. The molecule has 0 bridgehead atoms. The van der Waals surface area contributed by atoms with E-state index in [2.05, 4.69) is 39.5 Å². The predicted molar refractivity (Wildman–Crippen MR) is 125 cm³/mol. The van der Waals surface area contributed by atoms with Crippen molar-refractivity contribution in [2.75, 3.05) is 44.8 Å². The van der Waals surface area contributed by atoms with E-state index in [1.807, 2.05) is 42.5 Å². The lowest BCUT2D eigenvalue weighted by atomic mass is 9.88. The highest BCUT2D eigenvalue weighted by Gasteiger charge is 2.18. The third-order valence-electron chi connectivity index (χ3n) is 5.57. The second kappa shape index (κ2) is 11.4. The molecular weight excluding hydrogens is 402 g/mol. The average Bonchev–Trinajstić information content (AvgIpc) is 2.85. The van der Waals surface area contributed by atoms with Crippen molar-refractivity contribution in [1.82, 2.24) is 9.88 Å². The van der Waals surface area contributed by atoms with Crippen LogP contribution in [0.5, 0.6) is 5.88 Å². The smallest absolute Gasteiger partial charge is 0.225 e. The minimum absolute atomic E-state index is 0.00634. The van der Waals surface area contributed by atoms with Gasteiger partial charge in [-0.1, -0.05) is 60.7 Å². The van der Waals surface area contributed by atoms with Crippen LogP contribution < -0.4 is 10.1 Å². The molecule has 166 valence electrons. The third kappa shape index (κ3) is 6.39. The number of nitrogens with zero attached hydrogens (tertiary/aromatic N) is 2. The highest BCUT2D eigenvalue weighted by atomic mass is 16.5. The molecule has 1 aromatic heterocycles. The molecule has 0 aliphatic carbocycles. The molecule has 2 heterocycles. The van der Waals surface area contributed by atoms with E-state index < -0.39 is 0 Å². The minimum atomic E-state index is -0.0505. The Labute approximate surface area is 189 Å². The molecule has 1 aliphatic rings. The van der Waals surface area contributed by atoms with Crippen molar-refractivity contribution < 1.29 is 14.3 Å². The third-order valence-corrected chi connectivity index (χ3v) is 5.57. The zero-order chi connectivity index (χ0) is 22.0. The number of nitrogens with one attached hydrogen (secondary N) is 1. The Morgan fingerprint density at radius 1 is 0.969 bits per heavy atom. The number of ether oxygens (including phenoxy) is 2. The van der Waals surface area contributed by atoms with Gasteiger partial charge in [-0.25, -0.2) is 4.98 Å². The van der Waals surface area contributed by atoms with Crippen molar-refractivity contribution in [3.8, 4) is 5.88 Å². The van der Waals surface area contributed by atoms with Crippen LogP contribution in [-0.2, 0) is 9.53 Å². The number of hydrogen-bond acceptors (Lipinski definition) is 5. The van der Waals surface area contributed by atoms with E-state index in [0.29, 0.717) is 24.6 Å². The monoisotopic (exact) mass is 431 g/mol. The van der Waals surface area contributed by atoms with Gasteiger partial charge in [-0.2, -0.15) is 0 Å². The number of carbonyl (C=O) groups excluding carboxylic acids is 1. The standard InChI is InChI=1S/C26H29N3O3/c30-25(19-24(21-7-3-1-4-8-21)22-9-5-2-6-10-22)28-23-11-12-26(27-20-23)32-18-15-29-13-16-31-17-14-29/h1-12,20,24H,13-19H2,(H,28,30). The highest BCUT2D eigenvalue weighted by molar-refractivity contribution is 5.91. The molecule has 0 unspecified atom stereocenters. The summed E-state index contributed by atoms with van der Waals surface area (Å²) in [5.41, 5.74) is 2.90. The summed E-state index contributed by atoms with van der Waals surface area (Å²) in [6, 6.07) is 23.9. The maximum Gasteiger partial charge on any atom is 0.225 e. The molecule has 1 aliphatic heterocycles. The molecule has 1 amide bonds. The number of rotatable bonds is 9. The fourth-order valence-electron chi connectivity index (χ4n) is 3.84. The molecule has 6 nitrogen and oxygen atoms in total. The molecule has 3 aromatic rings. The first kappa shape index (κ1) is 22.0. The Kier molecular flexibility index (Phi) is 7.84. The number of hydrogen-bond donors (Lipinski definition) is 1. The first-order chi connectivity index (χ1) is 15.8. The molecule has 0 radical (unpaired) electrons. The fraction of sp³-hybridized carbons (Fsp3) is 0.308. The normalized spacial score (nSPS) is 14.3. The molecule has 0 saturated carbocycles. The summed E-state index contributed by atoms with van der Waals surface area (Å²) >= 11 is 0. The van der Waals surface area contributed by atoms with Crippen molar-refractivity contribution in [2.24, 2.45) is 0 Å². The number of morpholine rings is 1. The van der Waals surface area contributed by atoms with Gasteiger partial charge >= 0.3 is 0 Å². The van der Waals surface area contributed by atoms with Crippen LogP contribution in [0.4, 0.5) is 5.69 Å². The summed E-state index contributed by atoms with van der Waals surface area (Å²) in [5.74, 6) is 0.501. The number of carbonyl (C=O) groups is 1. The molecule has 0 spiro atoms. The number of benzene rings is 2. The average molecular weight is 432 g/mol. The van der Waals surface area contributed by atoms with Gasteiger partial charge in [0.1, 0.15) is 6.61 Å². The summed E-state index contributed by atoms with van der Waals surface area (Å²) < 4.78 is 11.1. The first-order valence-electron chi connectivity index (χ1n) is 11.1. The molecule has 6 heteroatoms. The zero-order valence-electron chi connectivity index (χ0n) is 18.2. The van der Waals surface area contributed by atoms with Crippen molar-refractivity contribution >= 4 is 11.6 Å². The van der Waals surface area contributed by atoms with Crippen LogP contribution in [0, 0.1) is 0 Å². The topological polar surface area (TPSA) is 63.7 Å². The van der Waals surface area contributed by atoms with Gasteiger partial charge in [-0.05, 0) is 17.2 Å². The van der Waals surface area contributed by atoms with Crippen LogP contribution in [0.1, 0.15) is 23.5 Å². The lowest BCUT2D eigenvalue weighted by molar-refractivity contribution is -0.116. The van der Waals surface area contributed by atoms with E-state index in [1.165, 1.54) is 0 Å². The molecule has 1 saturated heterocycles. The van der Waals surface area contributed by atoms with Gasteiger partial charge in [-0.3, -0.25) is 9.69 Å². The quantitative estimate of drug-likeness (QED) is 0.556. The highest BCUT2D eigenvalue weighted by Crippen LogP contribution is 2.28. The van der Waals surface area contributed by atoms with Gasteiger partial charge in [0.2, 0.25) is 11.8 Å². The number of pyridine rings is 1. The maximum absolute atomic E-state index is 12.8. The lowest BCUT2D eigenvalue weighted by Gasteiger charge is -2.26. The van der Waals surface area contributed by atoms with Crippen LogP contribution in [0.2, 0.25) is 0 Å². The van der Waals surface area contributed by atoms with E-state index in [0.717, 1.165) is 44.0 Å². The van der Waals surface area contributed by atoms with Crippen LogP contribution >= 0.6 is 0 Å². The predicted octanol–water partition coefficient (Wildman–Crippen LogP) is 3.95. The Bertz CT molecular complexity index is 919. The van der Waals surface area contributed by atoms with Crippen LogP contribution in [0.15, 0.2) is 79.0 Å². The van der Waals surface area contributed by atoms with Gasteiger partial charge in [0.15, 0.2) is 0 Å². The molecule has 1 N–H and O–H groups in total. The van der Waals surface area contributed by atoms with Crippen LogP contribution in [0.25, 0.3) is 0 Å². The molecule has 4 rings (SSSR count). The second-order valence-corrected chi connectivity index (χ2v) is 7.81. The van der Waals surface area contributed by atoms with E-state index in [1.54, 1.807) is 12.3 Å². The molecule has 1 fully saturated rings. The number of anilines is 1. The largest absolute Gasteiger partial charge is 0.476 e. The summed E-state index contributed by atoms with van der Waals surface area (Å²) in [4.78, 5) is 19.5.